The summed E-state index contributed by atoms with van der Waals surface area (Å²) in [5.41, 5.74) is 0.546. The van der Waals surface area contributed by atoms with E-state index in [2.05, 4.69) is 28.2 Å². The number of nitrogens with one attached hydrogen (secondary N) is 1. The summed E-state index contributed by atoms with van der Waals surface area (Å²) in [5.74, 6) is 0.716. The smallest absolute Gasteiger partial charge is 0.253 e. The van der Waals surface area contributed by atoms with Gasteiger partial charge in [-0.15, -0.1) is 0 Å². The van der Waals surface area contributed by atoms with E-state index in [9.17, 15) is 4.79 Å². The number of carbonyl (C=O) groups excluding carboxylic acids is 1. The monoisotopic (exact) mass is 329 g/mol. The molecule has 1 aromatic rings. The van der Waals surface area contributed by atoms with E-state index in [1.807, 2.05) is 6.07 Å². The Labute approximate surface area is 121 Å². The molecule has 2 rings (SSSR count). The zero-order valence-corrected chi connectivity index (χ0v) is 12.7. The first-order valence-electron chi connectivity index (χ1n) is 6.32. The first-order valence-corrected chi connectivity index (χ1v) is 7.49. The van der Waals surface area contributed by atoms with Gasteiger partial charge in [-0.2, -0.15) is 0 Å². The van der Waals surface area contributed by atoms with Crippen molar-refractivity contribution in [1.82, 2.24) is 5.32 Å². The second kappa shape index (κ2) is 6.07. The number of benzene rings is 1. The Kier molecular flexibility index (Phi) is 4.68. The summed E-state index contributed by atoms with van der Waals surface area (Å²) in [6, 6.07) is 5.64. The lowest BCUT2D eigenvalue weighted by Gasteiger charge is -2.27. The van der Waals surface area contributed by atoms with Crippen molar-refractivity contribution in [2.45, 2.75) is 38.6 Å². The van der Waals surface area contributed by atoms with Gasteiger partial charge in [0.05, 0.1) is 10.6 Å². The van der Waals surface area contributed by atoms with Crippen molar-refractivity contribution in [3.63, 3.8) is 0 Å². The predicted octanol–water partition coefficient (Wildman–Crippen LogP) is 4.41. The Morgan fingerprint density at radius 1 is 1.33 bits per heavy atom. The van der Waals surface area contributed by atoms with Crippen LogP contribution in [0.3, 0.4) is 0 Å². The lowest BCUT2D eigenvalue weighted by Crippen LogP contribution is -2.37. The first kappa shape index (κ1) is 13.9. The highest BCUT2D eigenvalue weighted by atomic mass is 79.9. The Morgan fingerprint density at radius 2 is 2.00 bits per heavy atom. The van der Waals surface area contributed by atoms with Crippen molar-refractivity contribution in [3.05, 3.63) is 33.3 Å². The molecule has 2 nitrogen and oxygen atoms in total. The van der Waals surface area contributed by atoms with Crippen LogP contribution in [0.1, 0.15) is 43.0 Å². The molecule has 0 unspecified atom stereocenters. The Hall–Kier alpha value is -0.540. The Morgan fingerprint density at radius 3 is 2.67 bits per heavy atom. The second-order valence-electron chi connectivity index (χ2n) is 5.05. The Balaban J connectivity index is 2.01. The molecule has 0 atom stereocenters. The highest BCUT2D eigenvalue weighted by Gasteiger charge is 2.21. The van der Waals surface area contributed by atoms with E-state index < -0.39 is 0 Å². The van der Waals surface area contributed by atoms with Crippen molar-refractivity contribution in [1.29, 1.82) is 0 Å². The van der Waals surface area contributed by atoms with Gasteiger partial charge >= 0.3 is 0 Å². The van der Waals surface area contributed by atoms with Crippen molar-refractivity contribution in [2.24, 2.45) is 5.92 Å². The number of carbonyl (C=O) groups is 1. The molecule has 1 fully saturated rings. The predicted molar refractivity (Wildman–Crippen MR) is 78.0 cm³/mol. The molecule has 0 bridgehead atoms. The van der Waals surface area contributed by atoms with Crippen molar-refractivity contribution >= 4 is 33.4 Å². The minimum absolute atomic E-state index is 0.0687. The zero-order chi connectivity index (χ0) is 13.1. The Bertz CT molecular complexity index is 441. The van der Waals surface area contributed by atoms with E-state index in [1.54, 1.807) is 12.1 Å². The summed E-state index contributed by atoms with van der Waals surface area (Å²) in [4.78, 5) is 12.2. The highest BCUT2D eigenvalue weighted by Crippen LogP contribution is 2.25. The van der Waals surface area contributed by atoms with Crippen molar-refractivity contribution in [2.75, 3.05) is 0 Å². The fraction of sp³-hybridized carbons (Fsp3) is 0.500. The molecule has 1 aliphatic carbocycles. The van der Waals surface area contributed by atoms with E-state index in [1.165, 1.54) is 12.8 Å². The van der Waals surface area contributed by atoms with Gasteiger partial charge in [-0.25, -0.2) is 0 Å². The third kappa shape index (κ3) is 3.48. The van der Waals surface area contributed by atoms with Crippen LogP contribution in [0.15, 0.2) is 22.7 Å². The van der Waals surface area contributed by atoms with Gasteiger partial charge in [-0.1, -0.05) is 34.5 Å². The van der Waals surface area contributed by atoms with Gasteiger partial charge in [0.1, 0.15) is 0 Å². The third-order valence-electron chi connectivity index (χ3n) is 3.52. The quantitative estimate of drug-likeness (QED) is 0.855. The molecule has 0 aliphatic heterocycles. The maximum Gasteiger partial charge on any atom is 0.253 e. The summed E-state index contributed by atoms with van der Waals surface area (Å²) >= 11 is 9.41. The average molecular weight is 331 g/mol. The molecule has 1 aromatic carbocycles. The molecule has 1 amide bonds. The van der Waals surface area contributed by atoms with E-state index >= 15 is 0 Å². The third-order valence-corrected chi connectivity index (χ3v) is 4.35. The minimum Gasteiger partial charge on any atom is -0.349 e. The molecule has 18 heavy (non-hydrogen) atoms. The van der Waals surface area contributed by atoms with Gasteiger partial charge < -0.3 is 5.32 Å². The van der Waals surface area contributed by atoms with Gasteiger partial charge in [0.15, 0.2) is 0 Å². The fourth-order valence-electron chi connectivity index (χ4n) is 2.34. The number of amides is 1. The molecule has 0 radical (unpaired) electrons. The summed E-state index contributed by atoms with van der Waals surface area (Å²) in [5, 5.41) is 3.58. The molecule has 0 aromatic heterocycles. The lowest BCUT2D eigenvalue weighted by molar-refractivity contribution is 0.0923. The van der Waals surface area contributed by atoms with Crippen LogP contribution in [0, 0.1) is 5.92 Å². The van der Waals surface area contributed by atoms with Gasteiger partial charge in [-0.05, 0) is 49.8 Å². The lowest BCUT2D eigenvalue weighted by atomic mass is 9.87. The summed E-state index contributed by atoms with van der Waals surface area (Å²) in [6.45, 7) is 2.27. The summed E-state index contributed by atoms with van der Waals surface area (Å²) < 4.78 is 0.870. The van der Waals surface area contributed by atoms with Crippen LogP contribution in [0.5, 0.6) is 0 Å². The SMILES string of the molecule is CC1CCC(NC(=O)c2cc(Br)ccc2Cl)CC1. The number of hydrogen-bond donors (Lipinski definition) is 1. The van der Waals surface area contributed by atoms with Crippen LogP contribution in [0.4, 0.5) is 0 Å². The molecule has 0 spiro atoms. The molecule has 1 aliphatic rings. The number of rotatable bonds is 2. The van der Waals surface area contributed by atoms with E-state index in [0.717, 1.165) is 23.2 Å². The van der Waals surface area contributed by atoms with E-state index in [-0.39, 0.29) is 5.91 Å². The zero-order valence-electron chi connectivity index (χ0n) is 10.4. The molecule has 1 saturated carbocycles. The first-order chi connectivity index (χ1) is 8.56. The summed E-state index contributed by atoms with van der Waals surface area (Å²) in [6.07, 6.45) is 4.52. The van der Waals surface area contributed by atoms with Gasteiger partial charge in [0, 0.05) is 10.5 Å². The molecule has 4 heteroatoms. The van der Waals surface area contributed by atoms with Crippen LogP contribution >= 0.6 is 27.5 Å². The topological polar surface area (TPSA) is 29.1 Å². The van der Waals surface area contributed by atoms with Crippen LogP contribution in [0.25, 0.3) is 0 Å². The van der Waals surface area contributed by atoms with Crippen LogP contribution in [-0.2, 0) is 0 Å². The normalized spacial score (nSPS) is 23.7. The minimum atomic E-state index is -0.0687. The second-order valence-corrected chi connectivity index (χ2v) is 6.38. The standard InChI is InChI=1S/C14H17BrClNO/c1-9-2-5-11(6-3-9)17-14(18)12-8-10(15)4-7-13(12)16/h4,7-9,11H,2-3,5-6H2,1H3,(H,17,18). The average Bonchev–Trinajstić information content (AvgIpc) is 2.35. The molecular weight excluding hydrogens is 314 g/mol. The molecule has 0 saturated heterocycles. The van der Waals surface area contributed by atoms with Gasteiger partial charge in [0.25, 0.3) is 5.91 Å². The van der Waals surface area contributed by atoms with Crippen LogP contribution in [-0.4, -0.2) is 11.9 Å². The molecule has 0 heterocycles. The number of halogens is 2. The van der Waals surface area contributed by atoms with Crippen molar-refractivity contribution < 1.29 is 4.79 Å². The maximum absolute atomic E-state index is 12.2. The summed E-state index contributed by atoms with van der Waals surface area (Å²) in [7, 11) is 0. The molecule has 1 N–H and O–H groups in total. The van der Waals surface area contributed by atoms with Crippen molar-refractivity contribution in [3.8, 4) is 0 Å². The van der Waals surface area contributed by atoms with Crippen LogP contribution < -0.4 is 5.32 Å². The maximum atomic E-state index is 12.2. The van der Waals surface area contributed by atoms with Gasteiger partial charge in [0.2, 0.25) is 0 Å². The van der Waals surface area contributed by atoms with Gasteiger partial charge in [-0.3, -0.25) is 4.79 Å². The number of hydrogen-bond acceptors (Lipinski definition) is 1. The van der Waals surface area contributed by atoms with E-state index in [0.29, 0.717) is 16.6 Å². The highest BCUT2D eigenvalue weighted by molar-refractivity contribution is 9.10. The van der Waals surface area contributed by atoms with Crippen LogP contribution in [0.2, 0.25) is 5.02 Å². The van der Waals surface area contributed by atoms with E-state index in [4.69, 9.17) is 11.6 Å². The fourth-order valence-corrected chi connectivity index (χ4v) is 2.90. The largest absolute Gasteiger partial charge is 0.349 e. The molecule has 98 valence electrons. The molecular formula is C14H17BrClNO.